The molecule has 0 aliphatic heterocycles. The van der Waals surface area contributed by atoms with Gasteiger partial charge in [0.05, 0.1) is 18.8 Å². The summed E-state index contributed by atoms with van der Waals surface area (Å²) in [6, 6.07) is -0.820. The molecule has 0 aromatic heterocycles. The molecule has 0 aliphatic carbocycles. The minimum absolute atomic E-state index is 0.381. The average Bonchev–Trinajstić information content (AvgIpc) is 3.28. The Bertz CT molecular complexity index is 1000. The minimum Gasteiger partial charge on any atom is -0.394 e. The molecule has 0 saturated heterocycles. The highest BCUT2D eigenvalue weighted by molar-refractivity contribution is 5.80. The summed E-state index contributed by atoms with van der Waals surface area (Å²) in [6.45, 7) is 4.13. The van der Waals surface area contributed by atoms with Gasteiger partial charge in [0.15, 0.2) is 0 Å². The third-order valence-electron chi connectivity index (χ3n) is 12.6. The van der Waals surface area contributed by atoms with Crippen LogP contribution in [0.15, 0.2) is 48.6 Å². The van der Waals surface area contributed by atoms with Crippen LogP contribution in [0.4, 0.5) is 0 Å². The molecule has 0 spiro atoms. The van der Waals surface area contributed by atoms with Crippen LogP contribution in [0.3, 0.4) is 0 Å². The van der Waals surface area contributed by atoms with Crippen LogP contribution in [-0.2, 0) is 4.79 Å². The van der Waals surface area contributed by atoms with E-state index >= 15 is 0 Å². The second-order valence-corrected chi connectivity index (χ2v) is 18.8. The predicted octanol–water partition coefficient (Wildman–Crippen LogP) is 16.8. The van der Waals surface area contributed by atoms with Gasteiger partial charge in [0.1, 0.15) is 6.10 Å². The van der Waals surface area contributed by atoms with Crippen molar-refractivity contribution in [3.8, 4) is 0 Å². The molecule has 5 heteroatoms. The number of amides is 1. The van der Waals surface area contributed by atoms with Gasteiger partial charge < -0.3 is 20.6 Å². The second-order valence-electron chi connectivity index (χ2n) is 18.8. The molecule has 364 valence electrons. The smallest absolute Gasteiger partial charge is 0.249 e. The van der Waals surface area contributed by atoms with E-state index in [2.05, 4.69) is 55.6 Å². The largest absolute Gasteiger partial charge is 0.394 e. The first kappa shape index (κ1) is 60.3. The molecule has 0 aromatic rings. The van der Waals surface area contributed by atoms with Gasteiger partial charge in [-0.15, -0.1) is 0 Å². The van der Waals surface area contributed by atoms with E-state index in [9.17, 15) is 20.1 Å². The second kappa shape index (κ2) is 51.9. The number of unbranched alkanes of at least 4 members (excludes halogenated alkanes) is 36. The van der Waals surface area contributed by atoms with Crippen LogP contribution >= 0.6 is 0 Å². The van der Waals surface area contributed by atoms with Crippen LogP contribution in [0.1, 0.15) is 284 Å². The fourth-order valence-corrected chi connectivity index (χ4v) is 8.32. The van der Waals surface area contributed by atoms with Crippen molar-refractivity contribution in [1.29, 1.82) is 0 Å². The highest BCUT2D eigenvalue weighted by atomic mass is 16.3. The van der Waals surface area contributed by atoms with E-state index in [0.717, 1.165) is 44.9 Å². The Kier molecular flexibility index (Phi) is 50.5. The van der Waals surface area contributed by atoms with Gasteiger partial charge in [-0.2, -0.15) is 0 Å². The molecule has 4 N–H and O–H groups in total. The quantitative estimate of drug-likeness (QED) is 0.0362. The Morgan fingerprint density at radius 2 is 0.677 bits per heavy atom. The number of allylic oxidation sites excluding steroid dienone is 7. The van der Waals surface area contributed by atoms with Crippen LogP contribution in [0, 0.1) is 0 Å². The fourth-order valence-electron chi connectivity index (χ4n) is 8.32. The average molecular weight is 870 g/mol. The Hall–Kier alpha value is -1.69. The Morgan fingerprint density at radius 1 is 0.387 bits per heavy atom. The molecule has 0 heterocycles. The molecule has 3 atom stereocenters. The van der Waals surface area contributed by atoms with Gasteiger partial charge in [0.2, 0.25) is 5.91 Å². The molecule has 0 rings (SSSR count). The lowest BCUT2D eigenvalue weighted by molar-refractivity contribution is -0.131. The number of carbonyl (C=O) groups excluding carboxylic acids is 1. The monoisotopic (exact) mass is 870 g/mol. The number of rotatable bonds is 50. The highest BCUT2D eigenvalue weighted by Crippen LogP contribution is 2.17. The summed E-state index contributed by atoms with van der Waals surface area (Å²) >= 11 is 0. The molecule has 0 radical (unpaired) electrons. The summed E-state index contributed by atoms with van der Waals surface area (Å²) < 4.78 is 0. The van der Waals surface area contributed by atoms with E-state index in [-0.39, 0.29) is 6.61 Å². The SMILES string of the molecule is CCCC/C=C/CC/C=C/CC/C=C/C(O)C(CO)NC(=O)C(O)CCCCCCCCCCCCCCCCCC/C=C\CCCCCCCCCCCCCCCCCC. The topological polar surface area (TPSA) is 89.8 Å². The Morgan fingerprint density at radius 3 is 1.03 bits per heavy atom. The normalized spacial score (nSPS) is 13.7. The lowest BCUT2D eigenvalue weighted by Crippen LogP contribution is -2.48. The molecule has 0 aliphatic rings. The summed E-state index contributed by atoms with van der Waals surface area (Å²) in [4.78, 5) is 12.5. The van der Waals surface area contributed by atoms with Crippen molar-refractivity contribution in [3.63, 3.8) is 0 Å². The summed E-state index contributed by atoms with van der Waals surface area (Å²) in [5.41, 5.74) is 0. The number of aliphatic hydroxyl groups excluding tert-OH is 3. The van der Waals surface area contributed by atoms with Crippen molar-refractivity contribution in [2.75, 3.05) is 6.61 Å². The van der Waals surface area contributed by atoms with E-state index in [1.165, 1.54) is 218 Å². The zero-order valence-corrected chi connectivity index (χ0v) is 41.5. The maximum Gasteiger partial charge on any atom is 0.249 e. The fraction of sp³-hybridized carbons (Fsp3) is 0.842. The van der Waals surface area contributed by atoms with Crippen molar-refractivity contribution >= 4 is 5.91 Å². The van der Waals surface area contributed by atoms with Gasteiger partial charge in [-0.1, -0.05) is 268 Å². The zero-order chi connectivity index (χ0) is 45.1. The molecule has 5 nitrogen and oxygen atoms in total. The van der Waals surface area contributed by atoms with Crippen LogP contribution in [0.2, 0.25) is 0 Å². The number of aliphatic hydroxyl groups is 3. The molecule has 0 bridgehead atoms. The van der Waals surface area contributed by atoms with E-state index in [1.54, 1.807) is 6.08 Å². The van der Waals surface area contributed by atoms with Crippen LogP contribution in [0.5, 0.6) is 0 Å². The van der Waals surface area contributed by atoms with Crippen molar-refractivity contribution in [2.45, 2.75) is 302 Å². The molecule has 0 fully saturated rings. The maximum atomic E-state index is 12.5. The molecular formula is C57H107NO4. The van der Waals surface area contributed by atoms with E-state index in [1.807, 2.05) is 6.08 Å². The van der Waals surface area contributed by atoms with Crippen LogP contribution in [0.25, 0.3) is 0 Å². The third kappa shape index (κ3) is 46.3. The zero-order valence-electron chi connectivity index (χ0n) is 41.5. The van der Waals surface area contributed by atoms with Gasteiger partial charge in [-0.25, -0.2) is 0 Å². The van der Waals surface area contributed by atoms with E-state index in [4.69, 9.17) is 0 Å². The number of carbonyl (C=O) groups is 1. The lowest BCUT2D eigenvalue weighted by atomic mass is 10.0. The molecule has 1 amide bonds. The first-order chi connectivity index (χ1) is 30.6. The van der Waals surface area contributed by atoms with Crippen molar-refractivity contribution < 1.29 is 20.1 Å². The molecule has 3 unspecified atom stereocenters. The predicted molar refractivity (Wildman–Crippen MR) is 273 cm³/mol. The molecule has 62 heavy (non-hydrogen) atoms. The van der Waals surface area contributed by atoms with Crippen LogP contribution in [-0.4, -0.2) is 46.1 Å². The van der Waals surface area contributed by atoms with Crippen molar-refractivity contribution in [2.24, 2.45) is 0 Å². The highest BCUT2D eigenvalue weighted by Gasteiger charge is 2.22. The first-order valence-corrected chi connectivity index (χ1v) is 27.5. The summed E-state index contributed by atoms with van der Waals surface area (Å²) in [5.74, 6) is -0.517. The Labute approximate surface area is 387 Å². The summed E-state index contributed by atoms with van der Waals surface area (Å²) in [7, 11) is 0. The van der Waals surface area contributed by atoms with Crippen LogP contribution < -0.4 is 5.32 Å². The molecule has 0 saturated carbocycles. The molecular weight excluding hydrogens is 763 g/mol. The van der Waals surface area contributed by atoms with E-state index in [0.29, 0.717) is 6.42 Å². The minimum atomic E-state index is -1.11. The van der Waals surface area contributed by atoms with Gasteiger partial charge in [-0.05, 0) is 64.2 Å². The molecule has 0 aromatic carbocycles. The van der Waals surface area contributed by atoms with Gasteiger partial charge in [0, 0.05) is 0 Å². The van der Waals surface area contributed by atoms with Crippen molar-refractivity contribution in [1.82, 2.24) is 5.32 Å². The van der Waals surface area contributed by atoms with Crippen molar-refractivity contribution in [3.05, 3.63) is 48.6 Å². The summed E-state index contributed by atoms with van der Waals surface area (Å²) in [6.07, 6.45) is 69.3. The third-order valence-corrected chi connectivity index (χ3v) is 12.6. The van der Waals surface area contributed by atoms with E-state index < -0.39 is 24.2 Å². The summed E-state index contributed by atoms with van der Waals surface area (Å²) in [5, 5.41) is 33.1. The first-order valence-electron chi connectivity index (χ1n) is 27.5. The Balaban J connectivity index is 3.48. The maximum absolute atomic E-state index is 12.5. The lowest BCUT2D eigenvalue weighted by Gasteiger charge is -2.21. The number of nitrogens with one attached hydrogen (secondary N) is 1. The van der Waals surface area contributed by atoms with Gasteiger partial charge >= 0.3 is 0 Å². The van der Waals surface area contributed by atoms with Gasteiger partial charge in [0.25, 0.3) is 0 Å². The van der Waals surface area contributed by atoms with Gasteiger partial charge in [-0.3, -0.25) is 4.79 Å². The number of hydrogen-bond donors (Lipinski definition) is 4. The standard InChI is InChI=1S/C57H107NO4/c1-3-5-7-9-11-13-15-17-18-19-20-21-22-23-24-25-26-27-28-29-30-31-32-33-34-35-36-37-38-39-40-42-44-46-48-50-52-56(61)57(62)58-54(53-59)55(60)51-49-47-45-43-41-16-14-12-10-8-6-4-2/h10,12,27-28,41,43,49,51,54-56,59-61H,3-9,11,13-26,29-40,42,44-48,50,52-53H2,1-2H3,(H,58,62)/b12-10+,28-27-,43-41+,51-49+. The number of hydrogen-bond acceptors (Lipinski definition) is 4.